The lowest BCUT2D eigenvalue weighted by atomic mass is 10.0. The largest absolute Gasteiger partial charge is 0.464 e. The van der Waals surface area contributed by atoms with Crippen molar-refractivity contribution in [2.24, 2.45) is 5.73 Å². The molecule has 0 aliphatic rings. The van der Waals surface area contributed by atoms with Crippen LogP contribution in [0.15, 0.2) is 28.7 Å². The van der Waals surface area contributed by atoms with Gasteiger partial charge in [0, 0.05) is 24.1 Å². The van der Waals surface area contributed by atoms with E-state index in [0.717, 1.165) is 0 Å². The smallest absolute Gasteiger partial charge is 0.134 e. The SMILES string of the molecule is CCc1ccc(C(N)c2c(F)cc(F)cc2F)o1. The highest BCUT2D eigenvalue weighted by molar-refractivity contribution is 5.30. The third-order valence-corrected chi connectivity index (χ3v) is 2.69. The summed E-state index contributed by atoms with van der Waals surface area (Å²) in [4.78, 5) is 0. The molecule has 1 aromatic heterocycles. The molecule has 0 spiro atoms. The molecule has 0 radical (unpaired) electrons. The van der Waals surface area contributed by atoms with Gasteiger partial charge in [-0.1, -0.05) is 6.92 Å². The predicted octanol–water partition coefficient (Wildman–Crippen LogP) is 3.31. The van der Waals surface area contributed by atoms with Gasteiger partial charge < -0.3 is 10.2 Å². The van der Waals surface area contributed by atoms with Crippen molar-refractivity contribution in [3.05, 3.63) is 58.8 Å². The van der Waals surface area contributed by atoms with E-state index in [1.165, 1.54) is 0 Å². The molecular weight excluding hydrogens is 243 g/mol. The Morgan fingerprint density at radius 3 is 2.28 bits per heavy atom. The Balaban J connectivity index is 2.42. The highest BCUT2D eigenvalue weighted by Gasteiger charge is 2.22. The number of benzene rings is 1. The molecule has 5 heteroatoms. The lowest BCUT2D eigenvalue weighted by molar-refractivity contribution is 0.436. The minimum absolute atomic E-state index is 0.247. The van der Waals surface area contributed by atoms with E-state index in [1.54, 1.807) is 12.1 Å². The molecule has 1 atom stereocenters. The van der Waals surface area contributed by atoms with E-state index in [2.05, 4.69) is 0 Å². The molecule has 2 aromatic rings. The molecule has 2 N–H and O–H groups in total. The molecular formula is C13H12F3NO. The Labute approximate surface area is 102 Å². The molecule has 0 aliphatic heterocycles. The molecule has 0 amide bonds. The first kappa shape index (κ1) is 12.7. The maximum Gasteiger partial charge on any atom is 0.134 e. The number of nitrogens with two attached hydrogens (primary N) is 1. The number of furan rings is 1. The van der Waals surface area contributed by atoms with Gasteiger partial charge >= 0.3 is 0 Å². The quantitative estimate of drug-likeness (QED) is 0.913. The van der Waals surface area contributed by atoms with Gasteiger partial charge in [-0.05, 0) is 12.1 Å². The van der Waals surface area contributed by atoms with Gasteiger partial charge in [0.2, 0.25) is 0 Å². The summed E-state index contributed by atoms with van der Waals surface area (Å²) in [6, 6.07) is 3.36. The lowest BCUT2D eigenvalue weighted by Crippen LogP contribution is -2.15. The van der Waals surface area contributed by atoms with Gasteiger partial charge in [0.15, 0.2) is 0 Å². The fraction of sp³-hybridized carbons (Fsp3) is 0.231. The minimum Gasteiger partial charge on any atom is -0.464 e. The van der Waals surface area contributed by atoms with Gasteiger partial charge in [-0.2, -0.15) is 0 Å². The second-order valence-corrected chi connectivity index (χ2v) is 3.92. The molecule has 1 heterocycles. The van der Waals surface area contributed by atoms with Crippen LogP contribution in [0.3, 0.4) is 0 Å². The minimum atomic E-state index is -1.09. The van der Waals surface area contributed by atoms with Gasteiger partial charge in [-0.25, -0.2) is 13.2 Å². The van der Waals surface area contributed by atoms with Crippen molar-refractivity contribution in [1.82, 2.24) is 0 Å². The van der Waals surface area contributed by atoms with Crippen LogP contribution in [0.4, 0.5) is 13.2 Å². The van der Waals surface area contributed by atoms with Crippen LogP contribution in [0.1, 0.15) is 30.0 Å². The fourth-order valence-corrected chi connectivity index (χ4v) is 1.74. The normalized spacial score (nSPS) is 12.7. The zero-order chi connectivity index (χ0) is 13.3. The highest BCUT2D eigenvalue weighted by atomic mass is 19.1. The molecule has 0 fully saturated rings. The monoisotopic (exact) mass is 255 g/mol. The van der Waals surface area contributed by atoms with Crippen LogP contribution in [0, 0.1) is 17.5 Å². The van der Waals surface area contributed by atoms with Crippen LogP contribution >= 0.6 is 0 Å². The third-order valence-electron chi connectivity index (χ3n) is 2.69. The molecule has 18 heavy (non-hydrogen) atoms. The summed E-state index contributed by atoms with van der Waals surface area (Å²) < 4.78 is 45.2. The second-order valence-electron chi connectivity index (χ2n) is 3.92. The van der Waals surface area contributed by atoms with Crippen LogP contribution in [-0.2, 0) is 6.42 Å². The summed E-state index contributed by atoms with van der Waals surface area (Å²) >= 11 is 0. The standard InChI is InChI=1S/C13H12F3NO/c1-2-8-3-4-11(18-8)13(17)12-9(15)5-7(14)6-10(12)16/h3-6,13H,2,17H2,1H3. The first-order valence-electron chi connectivity index (χ1n) is 5.51. The van der Waals surface area contributed by atoms with Gasteiger partial charge in [0.25, 0.3) is 0 Å². The zero-order valence-electron chi connectivity index (χ0n) is 9.71. The van der Waals surface area contributed by atoms with Crippen molar-refractivity contribution in [2.75, 3.05) is 0 Å². The average Bonchev–Trinajstić information content (AvgIpc) is 2.75. The van der Waals surface area contributed by atoms with E-state index >= 15 is 0 Å². The van der Waals surface area contributed by atoms with Crippen molar-refractivity contribution in [3.63, 3.8) is 0 Å². The number of rotatable bonds is 3. The van der Waals surface area contributed by atoms with E-state index in [4.69, 9.17) is 10.2 Å². The number of hydrogen-bond donors (Lipinski definition) is 1. The maximum absolute atomic E-state index is 13.5. The number of halogens is 3. The lowest BCUT2D eigenvalue weighted by Gasteiger charge is -2.11. The predicted molar refractivity (Wildman–Crippen MR) is 60.4 cm³/mol. The summed E-state index contributed by atoms with van der Waals surface area (Å²) in [6.07, 6.45) is 0.654. The molecule has 0 aliphatic carbocycles. The first-order valence-corrected chi connectivity index (χ1v) is 5.51. The van der Waals surface area contributed by atoms with Crippen LogP contribution in [0.5, 0.6) is 0 Å². The fourth-order valence-electron chi connectivity index (χ4n) is 1.74. The zero-order valence-corrected chi connectivity index (χ0v) is 9.71. The third kappa shape index (κ3) is 2.26. The van der Waals surface area contributed by atoms with E-state index in [-0.39, 0.29) is 5.76 Å². The Morgan fingerprint density at radius 2 is 1.78 bits per heavy atom. The number of hydrogen-bond acceptors (Lipinski definition) is 2. The van der Waals surface area contributed by atoms with Gasteiger partial charge in [-0.15, -0.1) is 0 Å². The molecule has 1 unspecified atom stereocenters. The Hall–Kier alpha value is -1.75. The molecule has 0 saturated carbocycles. The van der Waals surface area contributed by atoms with Gasteiger partial charge in [0.05, 0.1) is 6.04 Å². The summed E-state index contributed by atoms with van der Waals surface area (Å²) in [5.41, 5.74) is 5.34. The molecule has 96 valence electrons. The Kier molecular flexibility index (Phi) is 3.43. The Morgan fingerprint density at radius 1 is 1.17 bits per heavy atom. The molecule has 0 bridgehead atoms. The van der Waals surface area contributed by atoms with Gasteiger partial charge in [-0.3, -0.25) is 0 Å². The highest BCUT2D eigenvalue weighted by Crippen LogP contribution is 2.27. The number of aryl methyl sites for hydroxylation is 1. The summed E-state index contributed by atoms with van der Waals surface area (Å²) in [5, 5.41) is 0. The summed E-state index contributed by atoms with van der Waals surface area (Å²) in [6.45, 7) is 1.88. The van der Waals surface area contributed by atoms with E-state index in [1.807, 2.05) is 6.92 Å². The molecule has 2 rings (SSSR count). The molecule has 0 saturated heterocycles. The summed E-state index contributed by atoms with van der Waals surface area (Å²) in [7, 11) is 0. The Bertz CT molecular complexity index is 542. The van der Waals surface area contributed by atoms with Gasteiger partial charge in [0.1, 0.15) is 29.0 Å². The molecule has 1 aromatic carbocycles. The maximum atomic E-state index is 13.5. The van der Waals surface area contributed by atoms with Crippen LogP contribution < -0.4 is 5.73 Å². The van der Waals surface area contributed by atoms with Crippen molar-refractivity contribution in [2.45, 2.75) is 19.4 Å². The van der Waals surface area contributed by atoms with E-state index in [9.17, 15) is 13.2 Å². The van der Waals surface area contributed by atoms with Crippen LogP contribution in [0.2, 0.25) is 0 Å². The molecule has 2 nitrogen and oxygen atoms in total. The van der Waals surface area contributed by atoms with Crippen LogP contribution in [0.25, 0.3) is 0 Å². The topological polar surface area (TPSA) is 39.2 Å². The van der Waals surface area contributed by atoms with Crippen LogP contribution in [-0.4, -0.2) is 0 Å². The van der Waals surface area contributed by atoms with Crippen molar-refractivity contribution in [3.8, 4) is 0 Å². The van der Waals surface area contributed by atoms with Crippen molar-refractivity contribution < 1.29 is 17.6 Å². The van der Waals surface area contributed by atoms with E-state index in [0.29, 0.717) is 24.3 Å². The summed E-state index contributed by atoms with van der Waals surface area (Å²) in [5.74, 6) is -2.10. The van der Waals surface area contributed by atoms with E-state index < -0.39 is 29.1 Å². The second kappa shape index (κ2) is 4.86. The van der Waals surface area contributed by atoms with Crippen molar-refractivity contribution in [1.29, 1.82) is 0 Å². The first-order chi connectivity index (χ1) is 8.52. The van der Waals surface area contributed by atoms with Crippen molar-refractivity contribution >= 4 is 0 Å². The average molecular weight is 255 g/mol.